The quantitative estimate of drug-likeness (QED) is 0.155. The predicted molar refractivity (Wildman–Crippen MR) is 143 cm³/mol. The van der Waals surface area contributed by atoms with Gasteiger partial charge in [0.2, 0.25) is 0 Å². The number of nitrogens with zero attached hydrogens (tertiary/aromatic N) is 1. The molecule has 0 unspecified atom stereocenters. The Kier molecular flexibility index (Phi) is 11.7. The van der Waals surface area contributed by atoms with E-state index >= 15 is 0 Å². The molecule has 0 radical (unpaired) electrons. The second-order valence-electron chi connectivity index (χ2n) is 10.4. The van der Waals surface area contributed by atoms with Crippen LogP contribution in [0.15, 0.2) is 43.0 Å². The maximum Gasteiger partial charge on any atom is 0.417 e. The molecule has 1 aliphatic rings. The predicted octanol–water partition coefficient (Wildman–Crippen LogP) is 6.51. The average molecular weight is 504 g/mol. The first-order valence-corrected chi connectivity index (χ1v) is 15.2. The van der Waals surface area contributed by atoms with E-state index in [0.717, 1.165) is 31.4 Å². The fraction of sp³-hybridized carbons (Fsp3) is 0.643. The van der Waals surface area contributed by atoms with Crippen molar-refractivity contribution < 1.29 is 23.5 Å². The zero-order valence-corrected chi connectivity index (χ0v) is 23.5. The van der Waals surface area contributed by atoms with Crippen LogP contribution in [0.4, 0.5) is 4.79 Å². The molecule has 2 amide bonds. The van der Waals surface area contributed by atoms with Gasteiger partial charge in [0.05, 0.1) is 12.1 Å². The minimum atomic E-state index is -1.85. The number of unbranched alkanes of at least 4 members (excludes halogenated alkanes) is 1. The highest BCUT2D eigenvalue weighted by molar-refractivity contribution is 6.77. The van der Waals surface area contributed by atoms with Crippen LogP contribution in [0.25, 0.3) is 0 Å². The lowest BCUT2D eigenvalue weighted by atomic mass is 10.1. The fourth-order valence-electron chi connectivity index (χ4n) is 5.52. The van der Waals surface area contributed by atoms with E-state index in [-0.39, 0.29) is 31.3 Å². The molecular formula is C28H45NO5Si. The topological polar surface area (TPSA) is 65.1 Å². The first-order chi connectivity index (χ1) is 16.6. The van der Waals surface area contributed by atoms with Gasteiger partial charge in [0.25, 0.3) is 5.91 Å². The standard InChI is InChI=1S/C28H45NO5Si/c1-8-26(16-12-13-17-34-35(21(2)3,22(4)5)23(6)7)32-20-27(30)29-25(19-33-28(29)31)18-24-14-10-9-11-15-24/h8-11,14-15,21-23,25-26H,1,12-13,16-20H2,2-7H3/t25-,26-/m0/s1. The summed E-state index contributed by atoms with van der Waals surface area (Å²) in [4.78, 5) is 26.2. The molecule has 0 spiro atoms. The number of benzene rings is 1. The molecular weight excluding hydrogens is 458 g/mol. The molecule has 6 nitrogen and oxygen atoms in total. The van der Waals surface area contributed by atoms with Crippen molar-refractivity contribution in [3.63, 3.8) is 0 Å². The highest BCUT2D eigenvalue weighted by Crippen LogP contribution is 2.42. The number of hydrogen-bond donors (Lipinski definition) is 0. The minimum absolute atomic E-state index is 0.169. The molecule has 196 valence electrons. The molecule has 0 N–H and O–H groups in total. The maximum atomic E-state index is 12.8. The Labute approximate surface area is 213 Å². The lowest BCUT2D eigenvalue weighted by molar-refractivity contribution is -0.135. The van der Waals surface area contributed by atoms with Gasteiger partial charge in [-0.3, -0.25) is 4.79 Å². The minimum Gasteiger partial charge on any atom is -0.447 e. The molecule has 35 heavy (non-hydrogen) atoms. The molecule has 0 aliphatic carbocycles. The van der Waals surface area contributed by atoms with E-state index < -0.39 is 14.4 Å². The van der Waals surface area contributed by atoms with Crippen molar-refractivity contribution in [2.45, 2.75) is 96.0 Å². The van der Waals surface area contributed by atoms with Crippen LogP contribution in [-0.2, 0) is 25.1 Å². The Morgan fingerprint density at radius 1 is 1.11 bits per heavy atom. The number of imide groups is 1. The van der Waals surface area contributed by atoms with E-state index in [1.807, 2.05) is 30.3 Å². The van der Waals surface area contributed by atoms with E-state index in [9.17, 15) is 9.59 Å². The Bertz CT molecular complexity index is 789. The van der Waals surface area contributed by atoms with Crippen molar-refractivity contribution in [1.29, 1.82) is 0 Å². The molecule has 2 atom stereocenters. The van der Waals surface area contributed by atoms with Crippen LogP contribution in [0, 0.1) is 0 Å². The van der Waals surface area contributed by atoms with E-state index in [2.05, 4.69) is 48.1 Å². The number of carbonyl (C=O) groups excluding carboxylic acids is 2. The third kappa shape index (κ3) is 7.76. The summed E-state index contributed by atoms with van der Waals surface area (Å²) in [6, 6.07) is 9.48. The SMILES string of the molecule is C=C[C@@H](CCCCO[Si](C(C)C)(C(C)C)C(C)C)OCC(=O)N1C(=O)OC[C@@H]1Cc1ccccc1. The summed E-state index contributed by atoms with van der Waals surface area (Å²) in [5.74, 6) is -0.370. The van der Waals surface area contributed by atoms with Crippen LogP contribution < -0.4 is 0 Å². The summed E-state index contributed by atoms with van der Waals surface area (Å²) in [5.41, 5.74) is 2.77. The number of ether oxygens (including phenoxy) is 2. The van der Waals surface area contributed by atoms with Crippen LogP contribution in [0.1, 0.15) is 66.4 Å². The number of carbonyl (C=O) groups is 2. The Hall–Kier alpha value is -1.96. The molecule has 0 saturated carbocycles. The van der Waals surface area contributed by atoms with E-state index in [1.165, 1.54) is 4.90 Å². The molecule has 1 saturated heterocycles. The van der Waals surface area contributed by atoms with E-state index in [4.69, 9.17) is 13.9 Å². The maximum absolute atomic E-state index is 12.8. The molecule has 0 bridgehead atoms. The zero-order chi connectivity index (χ0) is 26.0. The summed E-state index contributed by atoms with van der Waals surface area (Å²) < 4.78 is 17.6. The van der Waals surface area contributed by atoms with Crippen LogP contribution in [0.5, 0.6) is 0 Å². The first-order valence-electron chi connectivity index (χ1n) is 13.0. The van der Waals surface area contributed by atoms with Gasteiger partial charge in [-0.1, -0.05) is 78.0 Å². The normalized spacial score (nSPS) is 17.3. The third-order valence-electron chi connectivity index (χ3n) is 7.17. The summed E-state index contributed by atoms with van der Waals surface area (Å²) >= 11 is 0. The van der Waals surface area contributed by atoms with Gasteiger partial charge in [-0.25, -0.2) is 9.69 Å². The Morgan fingerprint density at radius 2 is 1.74 bits per heavy atom. The lowest BCUT2D eigenvalue weighted by Gasteiger charge is -2.42. The highest BCUT2D eigenvalue weighted by Gasteiger charge is 2.44. The van der Waals surface area contributed by atoms with Gasteiger partial charge < -0.3 is 13.9 Å². The van der Waals surface area contributed by atoms with Gasteiger partial charge in [0.15, 0.2) is 8.32 Å². The zero-order valence-electron chi connectivity index (χ0n) is 22.5. The summed E-state index contributed by atoms with van der Waals surface area (Å²) in [6.45, 7) is 18.4. The number of rotatable bonds is 15. The summed E-state index contributed by atoms with van der Waals surface area (Å²) in [7, 11) is -1.85. The third-order valence-corrected chi connectivity index (χ3v) is 13.3. The van der Waals surface area contributed by atoms with Crippen LogP contribution in [-0.4, -0.2) is 57.2 Å². The summed E-state index contributed by atoms with van der Waals surface area (Å²) in [5, 5.41) is 0. The van der Waals surface area contributed by atoms with Crippen LogP contribution >= 0.6 is 0 Å². The summed E-state index contributed by atoms with van der Waals surface area (Å²) in [6.07, 6.45) is 4.08. The molecule has 7 heteroatoms. The van der Waals surface area contributed by atoms with Crippen molar-refractivity contribution in [3.05, 3.63) is 48.6 Å². The van der Waals surface area contributed by atoms with Gasteiger partial charge >= 0.3 is 6.09 Å². The smallest absolute Gasteiger partial charge is 0.417 e. The second kappa shape index (κ2) is 13.9. The van der Waals surface area contributed by atoms with Gasteiger partial charge in [-0.05, 0) is 47.9 Å². The molecule has 1 aromatic carbocycles. The van der Waals surface area contributed by atoms with Crippen molar-refractivity contribution >= 4 is 20.3 Å². The van der Waals surface area contributed by atoms with Gasteiger partial charge in [-0.15, -0.1) is 6.58 Å². The molecule has 1 heterocycles. The largest absolute Gasteiger partial charge is 0.447 e. The first kappa shape index (κ1) is 29.3. The van der Waals surface area contributed by atoms with Crippen molar-refractivity contribution in [2.24, 2.45) is 0 Å². The number of hydrogen-bond acceptors (Lipinski definition) is 5. The second-order valence-corrected chi connectivity index (χ2v) is 15.9. The van der Waals surface area contributed by atoms with Crippen LogP contribution in [0.3, 0.4) is 0 Å². The highest BCUT2D eigenvalue weighted by atomic mass is 28.4. The van der Waals surface area contributed by atoms with Gasteiger partial charge in [0.1, 0.15) is 13.2 Å². The van der Waals surface area contributed by atoms with Crippen LogP contribution in [0.2, 0.25) is 16.6 Å². The molecule has 1 fully saturated rings. The molecule has 1 aliphatic heterocycles. The number of amides is 2. The molecule has 2 rings (SSSR count). The van der Waals surface area contributed by atoms with E-state index in [1.54, 1.807) is 6.08 Å². The Balaban J connectivity index is 1.80. The number of cyclic esters (lactones) is 1. The average Bonchev–Trinajstić information content (AvgIpc) is 3.17. The fourth-order valence-corrected chi connectivity index (χ4v) is 11.0. The van der Waals surface area contributed by atoms with Gasteiger partial charge in [-0.2, -0.15) is 0 Å². The van der Waals surface area contributed by atoms with Crippen molar-refractivity contribution in [2.75, 3.05) is 19.8 Å². The van der Waals surface area contributed by atoms with Crippen molar-refractivity contribution in [1.82, 2.24) is 4.90 Å². The van der Waals surface area contributed by atoms with E-state index in [0.29, 0.717) is 23.0 Å². The van der Waals surface area contributed by atoms with Crippen molar-refractivity contribution in [3.8, 4) is 0 Å². The lowest BCUT2D eigenvalue weighted by Crippen LogP contribution is -2.47. The monoisotopic (exact) mass is 503 g/mol. The molecule has 0 aromatic heterocycles. The molecule has 1 aromatic rings. The van der Waals surface area contributed by atoms with Gasteiger partial charge in [0, 0.05) is 6.61 Å². The Morgan fingerprint density at radius 3 is 2.31 bits per heavy atom.